The normalized spacial score (nSPS) is 12.4. The SMILES string of the molecule is CCCOc1ccc(C(N)c2ccc(CC)s2)cc1. The molecule has 19 heavy (non-hydrogen) atoms. The first-order chi connectivity index (χ1) is 9.24. The zero-order valence-corrected chi connectivity index (χ0v) is 12.4. The fourth-order valence-corrected chi connectivity index (χ4v) is 2.89. The maximum atomic E-state index is 6.30. The molecule has 2 N–H and O–H groups in total. The Morgan fingerprint density at radius 2 is 1.84 bits per heavy atom. The fraction of sp³-hybridized carbons (Fsp3) is 0.375. The Morgan fingerprint density at radius 1 is 1.11 bits per heavy atom. The molecule has 0 saturated carbocycles. The minimum absolute atomic E-state index is 0.0366. The van der Waals surface area contributed by atoms with Gasteiger partial charge in [-0.15, -0.1) is 11.3 Å². The van der Waals surface area contributed by atoms with Gasteiger partial charge in [-0.1, -0.05) is 26.0 Å². The van der Waals surface area contributed by atoms with Gasteiger partial charge in [0.2, 0.25) is 0 Å². The van der Waals surface area contributed by atoms with Crippen molar-refractivity contribution in [2.45, 2.75) is 32.7 Å². The number of benzene rings is 1. The Hall–Kier alpha value is -1.32. The van der Waals surface area contributed by atoms with Crippen molar-refractivity contribution in [2.75, 3.05) is 6.61 Å². The Morgan fingerprint density at radius 3 is 2.42 bits per heavy atom. The van der Waals surface area contributed by atoms with E-state index >= 15 is 0 Å². The number of hydrogen-bond acceptors (Lipinski definition) is 3. The monoisotopic (exact) mass is 275 g/mol. The fourth-order valence-electron chi connectivity index (χ4n) is 1.91. The van der Waals surface area contributed by atoms with Gasteiger partial charge in [-0.3, -0.25) is 0 Å². The molecule has 2 nitrogen and oxygen atoms in total. The summed E-state index contributed by atoms with van der Waals surface area (Å²) >= 11 is 1.80. The van der Waals surface area contributed by atoms with Crippen LogP contribution in [0.5, 0.6) is 5.75 Å². The van der Waals surface area contributed by atoms with Crippen molar-refractivity contribution in [2.24, 2.45) is 5.73 Å². The molecule has 0 aliphatic carbocycles. The summed E-state index contributed by atoms with van der Waals surface area (Å²) in [5, 5.41) is 0. The molecule has 3 heteroatoms. The van der Waals surface area contributed by atoms with Crippen molar-refractivity contribution in [1.29, 1.82) is 0 Å². The van der Waals surface area contributed by atoms with Gasteiger partial charge in [0.05, 0.1) is 12.6 Å². The quantitative estimate of drug-likeness (QED) is 0.859. The summed E-state index contributed by atoms with van der Waals surface area (Å²) < 4.78 is 5.58. The maximum Gasteiger partial charge on any atom is 0.119 e. The minimum Gasteiger partial charge on any atom is -0.494 e. The van der Waals surface area contributed by atoms with Gasteiger partial charge in [0.25, 0.3) is 0 Å². The molecule has 102 valence electrons. The lowest BCUT2D eigenvalue weighted by atomic mass is 10.1. The molecule has 0 aliphatic heterocycles. The second-order valence-electron chi connectivity index (χ2n) is 4.55. The third kappa shape index (κ3) is 3.58. The molecule has 0 bridgehead atoms. The predicted octanol–water partition coefficient (Wildman–Crippen LogP) is 4.15. The van der Waals surface area contributed by atoms with Gasteiger partial charge in [-0.05, 0) is 42.7 Å². The maximum absolute atomic E-state index is 6.30. The molecule has 2 rings (SSSR count). The number of hydrogen-bond donors (Lipinski definition) is 1. The van der Waals surface area contributed by atoms with Gasteiger partial charge in [-0.25, -0.2) is 0 Å². The van der Waals surface area contributed by atoms with Crippen LogP contribution in [0.15, 0.2) is 36.4 Å². The average molecular weight is 275 g/mol. The van der Waals surface area contributed by atoms with Crippen molar-refractivity contribution in [3.8, 4) is 5.75 Å². The number of nitrogens with two attached hydrogens (primary N) is 1. The van der Waals surface area contributed by atoms with Gasteiger partial charge < -0.3 is 10.5 Å². The average Bonchev–Trinajstić information content (AvgIpc) is 2.94. The standard InChI is InChI=1S/C16H21NOS/c1-3-11-18-13-7-5-12(6-8-13)16(17)15-10-9-14(4-2)19-15/h5-10,16H,3-4,11,17H2,1-2H3. The van der Waals surface area contributed by atoms with Gasteiger partial charge in [0.1, 0.15) is 5.75 Å². The van der Waals surface area contributed by atoms with Crippen LogP contribution in [0.3, 0.4) is 0 Å². The van der Waals surface area contributed by atoms with Crippen molar-refractivity contribution in [1.82, 2.24) is 0 Å². The minimum atomic E-state index is -0.0366. The zero-order chi connectivity index (χ0) is 13.7. The first-order valence-electron chi connectivity index (χ1n) is 6.81. The van der Waals surface area contributed by atoms with E-state index in [-0.39, 0.29) is 6.04 Å². The summed E-state index contributed by atoms with van der Waals surface area (Å²) in [5.74, 6) is 0.915. The van der Waals surface area contributed by atoms with Crippen molar-refractivity contribution >= 4 is 11.3 Å². The van der Waals surface area contributed by atoms with Crippen LogP contribution in [-0.4, -0.2) is 6.61 Å². The van der Waals surface area contributed by atoms with Crippen molar-refractivity contribution < 1.29 is 4.74 Å². The summed E-state index contributed by atoms with van der Waals surface area (Å²) in [6.45, 7) is 5.03. The Balaban J connectivity index is 2.08. The highest BCUT2D eigenvalue weighted by molar-refractivity contribution is 7.12. The second kappa shape index (κ2) is 6.73. The molecule has 1 unspecified atom stereocenters. The Kier molecular flexibility index (Phi) is 5.00. The van der Waals surface area contributed by atoms with Crippen LogP contribution in [0.4, 0.5) is 0 Å². The molecule has 1 atom stereocenters. The number of rotatable bonds is 6. The summed E-state index contributed by atoms with van der Waals surface area (Å²) in [6, 6.07) is 12.4. The summed E-state index contributed by atoms with van der Waals surface area (Å²) in [6.07, 6.45) is 2.09. The van der Waals surface area contributed by atoms with E-state index in [9.17, 15) is 0 Å². The molecule has 0 fully saturated rings. The first kappa shape index (κ1) is 14.1. The predicted molar refractivity (Wildman–Crippen MR) is 82.0 cm³/mol. The third-order valence-corrected chi connectivity index (χ3v) is 4.36. The van der Waals surface area contributed by atoms with Crippen LogP contribution in [-0.2, 0) is 6.42 Å². The van der Waals surface area contributed by atoms with Crippen LogP contribution in [0.1, 0.15) is 41.6 Å². The second-order valence-corrected chi connectivity index (χ2v) is 5.75. The van der Waals surface area contributed by atoms with Crippen molar-refractivity contribution in [3.05, 3.63) is 51.7 Å². The van der Waals surface area contributed by atoms with E-state index in [2.05, 4.69) is 38.1 Å². The van der Waals surface area contributed by atoms with Crippen LogP contribution in [0.2, 0.25) is 0 Å². The molecule has 1 aromatic carbocycles. The van der Waals surface area contributed by atoms with Crippen LogP contribution in [0, 0.1) is 0 Å². The highest BCUT2D eigenvalue weighted by Crippen LogP contribution is 2.28. The molecule has 0 spiro atoms. The van der Waals surface area contributed by atoms with Crippen LogP contribution in [0.25, 0.3) is 0 Å². The Labute approximate surface area is 119 Å². The summed E-state index contributed by atoms with van der Waals surface area (Å²) in [7, 11) is 0. The summed E-state index contributed by atoms with van der Waals surface area (Å²) in [4.78, 5) is 2.60. The lowest BCUT2D eigenvalue weighted by Gasteiger charge is -2.11. The van der Waals surface area contributed by atoms with Gasteiger partial charge in [-0.2, -0.15) is 0 Å². The van der Waals surface area contributed by atoms with Crippen molar-refractivity contribution in [3.63, 3.8) is 0 Å². The summed E-state index contributed by atoms with van der Waals surface area (Å²) in [5.41, 5.74) is 7.44. The molecule has 0 aliphatic rings. The van der Waals surface area contributed by atoms with E-state index in [1.54, 1.807) is 11.3 Å². The van der Waals surface area contributed by atoms with E-state index in [0.717, 1.165) is 30.8 Å². The first-order valence-corrected chi connectivity index (χ1v) is 7.63. The lowest BCUT2D eigenvalue weighted by Crippen LogP contribution is -2.10. The largest absolute Gasteiger partial charge is 0.494 e. The van der Waals surface area contributed by atoms with Gasteiger partial charge in [0, 0.05) is 9.75 Å². The molecular formula is C16H21NOS. The topological polar surface area (TPSA) is 35.2 Å². The molecule has 0 saturated heterocycles. The smallest absolute Gasteiger partial charge is 0.119 e. The molecular weight excluding hydrogens is 254 g/mol. The van der Waals surface area contributed by atoms with E-state index < -0.39 is 0 Å². The van der Waals surface area contributed by atoms with E-state index in [1.165, 1.54) is 9.75 Å². The molecule has 2 aromatic rings. The lowest BCUT2D eigenvalue weighted by molar-refractivity contribution is 0.317. The van der Waals surface area contributed by atoms with Crippen LogP contribution < -0.4 is 10.5 Å². The molecule has 0 amide bonds. The number of thiophene rings is 1. The van der Waals surface area contributed by atoms with Gasteiger partial charge >= 0.3 is 0 Å². The third-order valence-electron chi connectivity index (χ3n) is 3.05. The number of ether oxygens (including phenoxy) is 1. The van der Waals surface area contributed by atoms with E-state index in [0.29, 0.717) is 0 Å². The number of aryl methyl sites for hydroxylation is 1. The van der Waals surface area contributed by atoms with Gasteiger partial charge in [0.15, 0.2) is 0 Å². The van der Waals surface area contributed by atoms with Crippen LogP contribution >= 0.6 is 11.3 Å². The Bertz CT molecular complexity index is 504. The highest BCUT2D eigenvalue weighted by Gasteiger charge is 2.11. The highest BCUT2D eigenvalue weighted by atomic mass is 32.1. The van der Waals surface area contributed by atoms with E-state index in [4.69, 9.17) is 10.5 Å². The molecule has 1 heterocycles. The molecule has 0 radical (unpaired) electrons. The zero-order valence-electron chi connectivity index (χ0n) is 11.6. The van der Waals surface area contributed by atoms with E-state index in [1.807, 2.05) is 12.1 Å². The molecule has 1 aromatic heterocycles.